The highest BCUT2D eigenvalue weighted by Crippen LogP contribution is 2.32. The number of imide groups is 1. The fourth-order valence-corrected chi connectivity index (χ4v) is 4.20. The van der Waals surface area contributed by atoms with Gasteiger partial charge in [-0.15, -0.1) is 0 Å². The summed E-state index contributed by atoms with van der Waals surface area (Å²) >= 11 is 0. The molecule has 2 aromatic carbocycles. The van der Waals surface area contributed by atoms with Crippen LogP contribution in [0.5, 0.6) is 0 Å². The molecule has 1 aliphatic heterocycles. The minimum absolute atomic E-state index is 0.142. The van der Waals surface area contributed by atoms with E-state index in [1.54, 1.807) is 25.2 Å². The zero-order chi connectivity index (χ0) is 23.0. The van der Waals surface area contributed by atoms with E-state index < -0.39 is 17.9 Å². The molecule has 0 radical (unpaired) electrons. The molecule has 1 aliphatic carbocycles. The second-order valence-electron chi connectivity index (χ2n) is 8.42. The summed E-state index contributed by atoms with van der Waals surface area (Å²) in [4.78, 5) is 53.9. The van der Waals surface area contributed by atoms with Crippen molar-refractivity contribution in [2.45, 2.75) is 38.8 Å². The largest absolute Gasteiger partial charge is 0.323 e. The van der Waals surface area contributed by atoms with Crippen LogP contribution < -0.4 is 5.32 Å². The van der Waals surface area contributed by atoms with Crippen molar-refractivity contribution >= 4 is 29.3 Å². The molecule has 7 nitrogen and oxygen atoms in total. The number of nitrogens with zero attached hydrogens (tertiary/aromatic N) is 2. The van der Waals surface area contributed by atoms with E-state index in [9.17, 15) is 19.2 Å². The van der Waals surface area contributed by atoms with Crippen LogP contribution in [0, 0.1) is 6.92 Å². The molecule has 1 saturated carbocycles. The molecule has 0 bridgehead atoms. The number of urea groups is 1. The lowest BCUT2D eigenvalue weighted by Gasteiger charge is -2.29. The van der Waals surface area contributed by atoms with Crippen LogP contribution in [0.2, 0.25) is 0 Å². The number of benzene rings is 2. The summed E-state index contributed by atoms with van der Waals surface area (Å²) in [5, 5.41) is 2.82. The van der Waals surface area contributed by atoms with Crippen LogP contribution in [0.15, 0.2) is 54.6 Å². The first-order valence-corrected chi connectivity index (χ1v) is 10.5. The van der Waals surface area contributed by atoms with Gasteiger partial charge in [0.25, 0.3) is 11.8 Å². The number of rotatable bonds is 4. The van der Waals surface area contributed by atoms with E-state index in [2.05, 4.69) is 11.9 Å². The molecule has 164 valence electrons. The highest BCUT2D eigenvalue weighted by Gasteiger charge is 2.44. The lowest BCUT2D eigenvalue weighted by Crippen LogP contribution is -2.46. The Bertz CT molecular complexity index is 1140. The Morgan fingerprint density at radius 1 is 1.12 bits per heavy atom. The van der Waals surface area contributed by atoms with E-state index in [-0.39, 0.29) is 35.9 Å². The van der Waals surface area contributed by atoms with Crippen molar-refractivity contribution in [3.63, 3.8) is 0 Å². The number of amides is 4. The zero-order valence-electron chi connectivity index (χ0n) is 18.2. The van der Waals surface area contributed by atoms with Crippen molar-refractivity contribution in [1.82, 2.24) is 9.80 Å². The lowest BCUT2D eigenvalue weighted by molar-refractivity contribution is -0.123. The quantitative estimate of drug-likeness (QED) is 0.587. The van der Waals surface area contributed by atoms with Crippen molar-refractivity contribution in [2.24, 2.45) is 0 Å². The maximum Gasteiger partial charge on any atom is 0.321 e. The van der Waals surface area contributed by atoms with Gasteiger partial charge in [-0.3, -0.25) is 19.3 Å². The first-order valence-electron chi connectivity index (χ1n) is 10.5. The van der Waals surface area contributed by atoms with Crippen LogP contribution in [0.25, 0.3) is 0 Å². The van der Waals surface area contributed by atoms with Gasteiger partial charge in [-0.05, 0) is 43.5 Å². The highest BCUT2D eigenvalue weighted by molar-refractivity contribution is 6.23. The number of allylic oxidation sites excluding steroid dienone is 1. The average molecular weight is 431 g/mol. The number of hydrogen-bond donors (Lipinski definition) is 1. The Morgan fingerprint density at radius 2 is 1.84 bits per heavy atom. The third-order valence-electron chi connectivity index (χ3n) is 5.97. The van der Waals surface area contributed by atoms with Gasteiger partial charge in [0.1, 0.15) is 0 Å². The Balaban J connectivity index is 1.54. The van der Waals surface area contributed by atoms with E-state index in [1.807, 2.05) is 31.2 Å². The number of aryl methyl sites for hydroxylation is 1. The number of anilines is 1. The molecule has 2 aliphatic rings. The molecule has 1 unspecified atom stereocenters. The van der Waals surface area contributed by atoms with Gasteiger partial charge in [0.15, 0.2) is 5.78 Å². The number of hydrogen-bond acceptors (Lipinski definition) is 4. The molecule has 0 aromatic heterocycles. The normalized spacial score (nSPS) is 18.1. The Morgan fingerprint density at radius 3 is 2.53 bits per heavy atom. The van der Waals surface area contributed by atoms with Gasteiger partial charge in [-0.1, -0.05) is 42.0 Å². The van der Waals surface area contributed by atoms with Crippen molar-refractivity contribution in [1.29, 1.82) is 0 Å². The molecule has 7 heteroatoms. The van der Waals surface area contributed by atoms with E-state index in [0.717, 1.165) is 16.0 Å². The molecule has 2 aromatic rings. The molecular weight excluding hydrogens is 406 g/mol. The first-order chi connectivity index (χ1) is 15.3. The van der Waals surface area contributed by atoms with E-state index in [1.165, 1.54) is 4.90 Å². The number of nitrogens with one attached hydrogen (secondary N) is 1. The lowest BCUT2D eigenvalue weighted by atomic mass is 9.89. The molecule has 1 atom stereocenters. The summed E-state index contributed by atoms with van der Waals surface area (Å²) < 4.78 is 0. The van der Waals surface area contributed by atoms with Gasteiger partial charge >= 0.3 is 6.03 Å². The molecule has 4 rings (SSSR count). The van der Waals surface area contributed by atoms with Gasteiger partial charge < -0.3 is 10.2 Å². The minimum Gasteiger partial charge on any atom is -0.323 e. The minimum atomic E-state index is -0.761. The maximum atomic E-state index is 13.2. The number of ketones is 1. The van der Waals surface area contributed by atoms with Gasteiger partial charge in [-0.2, -0.15) is 0 Å². The third kappa shape index (κ3) is 3.93. The SMILES string of the molecule is C=C1CCC(N2C(=O)c3cccc(CN(C)C(=O)Nc4ccc(C)cc4)c3C2=O)C(=O)C1. The number of carbonyl (C=O) groups is 4. The second-order valence-corrected chi connectivity index (χ2v) is 8.42. The molecule has 32 heavy (non-hydrogen) atoms. The van der Waals surface area contributed by atoms with Gasteiger partial charge in [0, 0.05) is 25.7 Å². The fourth-order valence-electron chi connectivity index (χ4n) is 4.20. The van der Waals surface area contributed by atoms with Crippen LogP contribution in [0.1, 0.15) is 51.1 Å². The van der Waals surface area contributed by atoms with Crippen molar-refractivity contribution in [2.75, 3.05) is 12.4 Å². The van der Waals surface area contributed by atoms with Crippen LogP contribution in [0.3, 0.4) is 0 Å². The van der Waals surface area contributed by atoms with Crippen molar-refractivity contribution in [3.8, 4) is 0 Å². The molecule has 4 amide bonds. The number of fused-ring (bicyclic) bond motifs is 1. The second kappa shape index (κ2) is 8.42. The number of Topliss-reactive ketones (excluding diaryl/α,β-unsaturated/α-hetero) is 1. The fraction of sp³-hybridized carbons (Fsp3) is 0.280. The van der Waals surface area contributed by atoms with Gasteiger partial charge in [-0.25, -0.2) is 4.79 Å². The molecule has 0 spiro atoms. The molecule has 1 fully saturated rings. The van der Waals surface area contributed by atoms with Gasteiger partial charge in [0.2, 0.25) is 0 Å². The summed E-state index contributed by atoms with van der Waals surface area (Å²) in [5.41, 5.74) is 3.69. The third-order valence-corrected chi connectivity index (χ3v) is 5.97. The predicted octanol–water partition coefficient (Wildman–Crippen LogP) is 3.93. The maximum absolute atomic E-state index is 13.2. The van der Waals surface area contributed by atoms with Crippen LogP contribution in [-0.4, -0.2) is 46.5 Å². The van der Waals surface area contributed by atoms with Crippen LogP contribution in [0.4, 0.5) is 10.5 Å². The van der Waals surface area contributed by atoms with Crippen molar-refractivity contribution in [3.05, 3.63) is 76.9 Å². The molecule has 1 N–H and O–H groups in total. The zero-order valence-corrected chi connectivity index (χ0v) is 18.2. The molecule has 0 saturated heterocycles. The summed E-state index contributed by atoms with van der Waals surface area (Å²) in [6, 6.07) is 11.4. The van der Waals surface area contributed by atoms with E-state index in [0.29, 0.717) is 24.1 Å². The topological polar surface area (TPSA) is 86.8 Å². The Kier molecular flexibility index (Phi) is 5.65. The Labute approximate surface area is 186 Å². The average Bonchev–Trinajstić information content (AvgIpc) is 3.01. The van der Waals surface area contributed by atoms with E-state index in [4.69, 9.17) is 0 Å². The summed E-state index contributed by atoms with van der Waals surface area (Å²) in [7, 11) is 1.62. The van der Waals surface area contributed by atoms with Crippen molar-refractivity contribution < 1.29 is 19.2 Å². The highest BCUT2D eigenvalue weighted by atomic mass is 16.2. The standard InChI is InChI=1S/C25H25N3O4/c1-15-7-10-18(11-8-15)26-25(32)27(3)14-17-5-4-6-19-22(17)24(31)28(23(19)30)20-12-9-16(2)13-21(20)29/h4-8,10-11,20H,2,9,12-14H2,1,3H3,(H,26,32). The smallest absolute Gasteiger partial charge is 0.321 e. The first kappa shape index (κ1) is 21.5. The Hall–Kier alpha value is -3.74. The predicted molar refractivity (Wildman–Crippen MR) is 120 cm³/mol. The molecular formula is C25H25N3O4. The summed E-state index contributed by atoms with van der Waals surface area (Å²) in [5.74, 6) is -1.09. The monoisotopic (exact) mass is 431 g/mol. The summed E-state index contributed by atoms with van der Waals surface area (Å²) in [6.45, 7) is 5.95. The van der Waals surface area contributed by atoms with E-state index >= 15 is 0 Å². The summed E-state index contributed by atoms with van der Waals surface area (Å²) in [6.07, 6.45) is 1.20. The number of carbonyl (C=O) groups excluding carboxylic acids is 4. The van der Waals surface area contributed by atoms with Crippen LogP contribution in [-0.2, 0) is 11.3 Å². The van der Waals surface area contributed by atoms with Crippen LogP contribution >= 0.6 is 0 Å². The van der Waals surface area contributed by atoms with Gasteiger partial charge in [0.05, 0.1) is 17.2 Å². The molecule has 1 heterocycles.